The van der Waals surface area contributed by atoms with Crippen LogP contribution in [-0.4, -0.2) is 11.5 Å². The van der Waals surface area contributed by atoms with Gasteiger partial charge in [0, 0.05) is 12.5 Å². The minimum atomic E-state index is 0.285. The second kappa shape index (κ2) is 6.87. The summed E-state index contributed by atoms with van der Waals surface area (Å²) in [6.45, 7) is 3.08. The van der Waals surface area contributed by atoms with Crippen LogP contribution < -0.4 is 5.32 Å². The third-order valence-electron chi connectivity index (χ3n) is 3.23. The van der Waals surface area contributed by atoms with E-state index in [4.69, 9.17) is 4.98 Å². The van der Waals surface area contributed by atoms with E-state index in [0.29, 0.717) is 0 Å². The zero-order valence-electron chi connectivity index (χ0n) is 11.4. The summed E-state index contributed by atoms with van der Waals surface area (Å²) in [7, 11) is 0. The molecule has 0 bridgehead atoms. The number of fused-ring (bicyclic) bond motifs is 1. The Morgan fingerprint density at radius 1 is 1.24 bits per heavy atom. The first-order valence-corrected chi connectivity index (χ1v) is 9.92. The standard InChI is InChI=1S/C15H14Br2N2S2/c1-2-18-11(9-7-13(16)21-15(9)17)8-14-19-10-5-3-4-6-12(10)20-14/h3-7,11,18H,2,8H2,1H3. The topological polar surface area (TPSA) is 24.9 Å². The SMILES string of the molecule is CCNC(Cc1nc2ccccc2s1)c1cc(Br)sc1Br. The first-order valence-electron chi connectivity index (χ1n) is 6.70. The van der Waals surface area contributed by atoms with Crippen LogP contribution in [0.2, 0.25) is 0 Å². The first kappa shape index (κ1) is 15.6. The largest absolute Gasteiger partial charge is 0.310 e. The van der Waals surface area contributed by atoms with Crippen molar-refractivity contribution >= 4 is 64.8 Å². The van der Waals surface area contributed by atoms with Crippen molar-refractivity contribution in [2.45, 2.75) is 19.4 Å². The molecule has 2 heterocycles. The summed E-state index contributed by atoms with van der Waals surface area (Å²) in [6.07, 6.45) is 0.912. The lowest BCUT2D eigenvalue weighted by atomic mass is 10.1. The fraction of sp³-hybridized carbons (Fsp3) is 0.267. The Labute approximate surface area is 148 Å². The van der Waals surface area contributed by atoms with Crippen molar-refractivity contribution in [3.8, 4) is 0 Å². The number of hydrogen-bond donors (Lipinski definition) is 1. The van der Waals surface area contributed by atoms with E-state index < -0.39 is 0 Å². The van der Waals surface area contributed by atoms with Crippen LogP contribution in [0.5, 0.6) is 0 Å². The molecule has 110 valence electrons. The molecule has 1 atom stereocenters. The van der Waals surface area contributed by atoms with Gasteiger partial charge in [-0.05, 0) is 62.2 Å². The lowest BCUT2D eigenvalue weighted by Crippen LogP contribution is -2.22. The van der Waals surface area contributed by atoms with Gasteiger partial charge in [-0.15, -0.1) is 22.7 Å². The molecule has 6 heteroatoms. The van der Waals surface area contributed by atoms with Crippen molar-refractivity contribution in [1.29, 1.82) is 0 Å². The van der Waals surface area contributed by atoms with Crippen LogP contribution in [0.4, 0.5) is 0 Å². The van der Waals surface area contributed by atoms with Gasteiger partial charge in [0.2, 0.25) is 0 Å². The third kappa shape index (κ3) is 3.56. The molecule has 2 aromatic heterocycles. The van der Waals surface area contributed by atoms with Crippen LogP contribution >= 0.6 is 54.5 Å². The average Bonchev–Trinajstić information content (AvgIpc) is 3.00. The molecule has 0 spiro atoms. The van der Waals surface area contributed by atoms with Crippen LogP contribution in [0.1, 0.15) is 23.5 Å². The normalized spacial score (nSPS) is 12.9. The molecule has 1 unspecified atom stereocenters. The summed E-state index contributed by atoms with van der Waals surface area (Å²) in [5, 5.41) is 4.75. The number of thiophene rings is 1. The van der Waals surface area contributed by atoms with E-state index >= 15 is 0 Å². The Hall–Kier alpha value is -0.270. The summed E-state index contributed by atoms with van der Waals surface area (Å²) < 4.78 is 3.59. The summed E-state index contributed by atoms with van der Waals surface area (Å²) >= 11 is 10.7. The molecule has 1 aromatic carbocycles. The van der Waals surface area contributed by atoms with Crippen molar-refractivity contribution in [3.63, 3.8) is 0 Å². The molecular formula is C15H14Br2N2S2. The Bertz CT molecular complexity index is 718. The van der Waals surface area contributed by atoms with Crippen molar-refractivity contribution < 1.29 is 0 Å². The minimum absolute atomic E-state index is 0.285. The van der Waals surface area contributed by atoms with Gasteiger partial charge in [-0.1, -0.05) is 19.1 Å². The number of rotatable bonds is 5. The Balaban J connectivity index is 1.89. The quantitative estimate of drug-likeness (QED) is 0.538. The maximum absolute atomic E-state index is 4.75. The zero-order valence-corrected chi connectivity index (χ0v) is 16.2. The van der Waals surface area contributed by atoms with E-state index in [-0.39, 0.29) is 6.04 Å². The zero-order chi connectivity index (χ0) is 14.8. The molecule has 1 N–H and O–H groups in total. The number of aromatic nitrogens is 1. The number of thiazole rings is 1. The van der Waals surface area contributed by atoms with Crippen LogP contribution in [0, 0.1) is 0 Å². The van der Waals surface area contributed by atoms with Gasteiger partial charge in [0.05, 0.1) is 22.8 Å². The maximum Gasteiger partial charge on any atom is 0.0957 e. The van der Waals surface area contributed by atoms with Crippen LogP contribution in [-0.2, 0) is 6.42 Å². The Kier molecular flexibility index (Phi) is 5.11. The average molecular weight is 446 g/mol. The fourth-order valence-corrected chi connectivity index (χ4v) is 6.30. The lowest BCUT2D eigenvalue weighted by Gasteiger charge is -2.16. The predicted molar refractivity (Wildman–Crippen MR) is 99.5 cm³/mol. The molecule has 0 fully saturated rings. The van der Waals surface area contributed by atoms with Crippen LogP contribution in [0.15, 0.2) is 37.9 Å². The highest BCUT2D eigenvalue weighted by Gasteiger charge is 2.18. The first-order chi connectivity index (χ1) is 10.2. The van der Waals surface area contributed by atoms with E-state index in [1.165, 1.54) is 19.1 Å². The number of halogens is 2. The third-order valence-corrected chi connectivity index (χ3v) is 6.67. The molecule has 0 saturated carbocycles. The minimum Gasteiger partial charge on any atom is -0.310 e. The molecule has 2 nitrogen and oxygen atoms in total. The van der Waals surface area contributed by atoms with Gasteiger partial charge in [-0.25, -0.2) is 4.98 Å². The highest BCUT2D eigenvalue weighted by Crippen LogP contribution is 2.37. The van der Waals surface area contributed by atoms with Gasteiger partial charge >= 0.3 is 0 Å². The predicted octanol–water partition coefficient (Wildman–Crippen LogP) is 5.78. The smallest absolute Gasteiger partial charge is 0.0957 e. The number of nitrogens with zero attached hydrogens (tertiary/aromatic N) is 1. The highest BCUT2D eigenvalue weighted by atomic mass is 79.9. The van der Waals surface area contributed by atoms with Gasteiger partial charge < -0.3 is 5.32 Å². The molecule has 0 aliphatic carbocycles. The van der Waals surface area contributed by atoms with Gasteiger partial charge in [-0.3, -0.25) is 0 Å². The molecule has 21 heavy (non-hydrogen) atoms. The molecular weight excluding hydrogens is 432 g/mol. The number of hydrogen-bond acceptors (Lipinski definition) is 4. The number of likely N-dealkylation sites (N-methyl/N-ethyl adjacent to an activating group) is 1. The highest BCUT2D eigenvalue weighted by molar-refractivity contribution is 9.12. The summed E-state index contributed by atoms with van der Waals surface area (Å²) in [6, 6.07) is 10.8. The Morgan fingerprint density at radius 3 is 2.71 bits per heavy atom. The van der Waals surface area contributed by atoms with Crippen molar-refractivity contribution in [2.75, 3.05) is 6.54 Å². The second-order valence-corrected chi connectivity index (χ2v) is 9.53. The number of para-hydroxylation sites is 1. The molecule has 0 amide bonds. The molecule has 0 saturated heterocycles. The molecule has 3 rings (SSSR count). The van der Waals surface area contributed by atoms with Crippen LogP contribution in [0.3, 0.4) is 0 Å². The van der Waals surface area contributed by atoms with Gasteiger partial charge in [0.25, 0.3) is 0 Å². The maximum atomic E-state index is 4.75. The number of benzene rings is 1. The fourth-order valence-electron chi connectivity index (χ4n) is 2.31. The molecule has 0 aliphatic heterocycles. The van der Waals surface area contributed by atoms with E-state index in [1.807, 2.05) is 6.07 Å². The monoisotopic (exact) mass is 444 g/mol. The van der Waals surface area contributed by atoms with Gasteiger partial charge in [0.1, 0.15) is 0 Å². The summed E-state index contributed by atoms with van der Waals surface area (Å²) in [5.41, 5.74) is 2.39. The molecule has 0 aliphatic rings. The van der Waals surface area contributed by atoms with Crippen molar-refractivity contribution in [1.82, 2.24) is 10.3 Å². The van der Waals surface area contributed by atoms with E-state index in [9.17, 15) is 0 Å². The van der Waals surface area contributed by atoms with Gasteiger partial charge in [0.15, 0.2) is 0 Å². The van der Waals surface area contributed by atoms with Crippen LogP contribution in [0.25, 0.3) is 10.2 Å². The van der Waals surface area contributed by atoms with E-state index in [0.717, 1.165) is 22.3 Å². The summed E-state index contributed by atoms with van der Waals surface area (Å²) in [5.74, 6) is 0. The van der Waals surface area contributed by atoms with Crippen molar-refractivity contribution in [3.05, 3.63) is 48.5 Å². The second-order valence-electron chi connectivity index (χ2n) is 4.67. The lowest BCUT2D eigenvalue weighted by molar-refractivity contribution is 0.549. The Morgan fingerprint density at radius 2 is 2.05 bits per heavy atom. The molecule has 3 aromatic rings. The van der Waals surface area contributed by atoms with Crippen molar-refractivity contribution in [2.24, 2.45) is 0 Å². The summed E-state index contributed by atoms with van der Waals surface area (Å²) in [4.78, 5) is 4.75. The molecule has 0 radical (unpaired) electrons. The number of nitrogens with one attached hydrogen (secondary N) is 1. The van der Waals surface area contributed by atoms with E-state index in [2.05, 4.69) is 68.4 Å². The van der Waals surface area contributed by atoms with E-state index in [1.54, 1.807) is 22.7 Å². The van der Waals surface area contributed by atoms with Gasteiger partial charge in [-0.2, -0.15) is 0 Å².